The van der Waals surface area contributed by atoms with Crippen LogP contribution in [0.1, 0.15) is 10.4 Å². The van der Waals surface area contributed by atoms with E-state index in [1.165, 1.54) is 12.2 Å². The molecule has 2 amide bonds. The number of hydrogen-bond acceptors (Lipinski definition) is 4. The Hall–Kier alpha value is -2.27. The van der Waals surface area contributed by atoms with Crippen LogP contribution in [0.3, 0.4) is 0 Å². The maximum Gasteiger partial charge on any atom is 0.258 e. The lowest BCUT2D eigenvalue weighted by Crippen LogP contribution is -2.29. The molecule has 5 heteroatoms. The molecule has 0 unspecified atom stereocenters. The third-order valence-corrected chi connectivity index (χ3v) is 2.44. The number of benzene rings is 1. The first-order chi connectivity index (χ1) is 8.13. The molecule has 2 N–H and O–H groups in total. The van der Waals surface area contributed by atoms with Crippen LogP contribution in [0.4, 0.5) is 5.69 Å². The molecule has 0 aromatic heterocycles. The van der Waals surface area contributed by atoms with Crippen LogP contribution in [0, 0.1) is 0 Å². The van der Waals surface area contributed by atoms with Gasteiger partial charge in [0.2, 0.25) is 0 Å². The van der Waals surface area contributed by atoms with Crippen molar-refractivity contribution in [2.75, 3.05) is 11.4 Å². The Morgan fingerprint density at radius 1 is 1.06 bits per heavy atom. The topological polar surface area (TPSA) is 80.5 Å². The number of amides is 2. The van der Waals surface area contributed by atoms with Gasteiger partial charge in [0, 0.05) is 17.7 Å². The Kier molecular flexibility index (Phi) is 2.84. The minimum absolute atomic E-state index is 0.0670. The molecule has 2 rings (SSSR count). The van der Waals surface area contributed by atoms with Gasteiger partial charge in [-0.3, -0.25) is 14.4 Å². The molecule has 0 saturated carbocycles. The van der Waals surface area contributed by atoms with Gasteiger partial charge in [0.15, 0.2) is 5.78 Å². The summed E-state index contributed by atoms with van der Waals surface area (Å²) in [6, 6.07) is 6.18. The molecular weight excluding hydrogens is 220 g/mol. The molecule has 1 aliphatic heterocycles. The lowest BCUT2D eigenvalue weighted by atomic mass is 10.1. The van der Waals surface area contributed by atoms with Crippen LogP contribution in [0.15, 0.2) is 36.4 Å². The average Bonchev–Trinajstić information content (AvgIpc) is 2.68. The first-order valence-electron chi connectivity index (χ1n) is 5.03. The second-order valence-electron chi connectivity index (χ2n) is 3.52. The fourth-order valence-corrected chi connectivity index (χ4v) is 1.57. The Bertz CT molecular complexity index is 499. The Morgan fingerprint density at radius 3 is 2.06 bits per heavy atom. The van der Waals surface area contributed by atoms with Crippen LogP contribution in [0.2, 0.25) is 0 Å². The number of imide groups is 1. The van der Waals surface area contributed by atoms with Gasteiger partial charge >= 0.3 is 0 Å². The van der Waals surface area contributed by atoms with Gasteiger partial charge in [-0.1, -0.05) is 0 Å². The van der Waals surface area contributed by atoms with E-state index in [1.807, 2.05) is 0 Å². The third-order valence-electron chi connectivity index (χ3n) is 2.44. The molecule has 1 aliphatic rings. The van der Waals surface area contributed by atoms with E-state index in [2.05, 4.69) is 0 Å². The van der Waals surface area contributed by atoms with E-state index in [0.29, 0.717) is 11.3 Å². The molecule has 5 nitrogen and oxygen atoms in total. The quantitative estimate of drug-likeness (QED) is 0.596. The second-order valence-corrected chi connectivity index (χ2v) is 3.52. The first kappa shape index (κ1) is 11.2. The summed E-state index contributed by atoms with van der Waals surface area (Å²) < 4.78 is 0. The number of anilines is 1. The molecule has 0 spiro atoms. The average molecular weight is 230 g/mol. The SMILES string of the molecule is NCC(=O)c1ccc(N2C(=O)C=CC2=O)cc1. The number of rotatable bonds is 3. The summed E-state index contributed by atoms with van der Waals surface area (Å²) in [4.78, 5) is 35.1. The van der Waals surface area contributed by atoms with Crippen molar-refractivity contribution in [1.29, 1.82) is 0 Å². The second kappa shape index (κ2) is 4.31. The summed E-state index contributed by atoms with van der Waals surface area (Å²) in [7, 11) is 0. The smallest absolute Gasteiger partial charge is 0.258 e. The van der Waals surface area contributed by atoms with Crippen LogP contribution in [-0.2, 0) is 9.59 Å². The molecule has 86 valence electrons. The minimum Gasteiger partial charge on any atom is -0.324 e. The summed E-state index contributed by atoms with van der Waals surface area (Å²) in [5.41, 5.74) is 6.13. The van der Waals surface area contributed by atoms with E-state index in [-0.39, 0.29) is 24.1 Å². The normalized spacial score (nSPS) is 14.5. The van der Waals surface area contributed by atoms with Crippen LogP contribution >= 0.6 is 0 Å². The molecule has 1 heterocycles. The standard InChI is InChI=1S/C12H10N2O3/c13-7-10(15)8-1-3-9(4-2-8)14-11(16)5-6-12(14)17/h1-6H,7,13H2. The van der Waals surface area contributed by atoms with Gasteiger partial charge in [-0.05, 0) is 24.3 Å². The predicted molar refractivity (Wildman–Crippen MR) is 61.5 cm³/mol. The van der Waals surface area contributed by atoms with E-state index in [1.54, 1.807) is 24.3 Å². The Balaban J connectivity index is 2.27. The molecule has 1 aromatic rings. The summed E-state index contributed by atoms with van der Waals surface area (Å²) in [5.74, 6) is -0.949. The molecule has 0 fully saturated rings. The van der Waals surface area contributed by atoms with E-state index in [4.69, 9.17) is 5.73 Å². The van der Waals surface area contributed by atoms with Crippen molar-refractivity contribution in [2.24, 2.45) is 5.73 Å². The number of Topliss-reactive ketones (excluding diaryl/α,β-unsaturated/α-hetero) is 1. The zero-order valence-corrected chi connectivity index (χ0v) is 8.92. The Morgan fingerprint density at radius 2 is 1.59 bits per heavy atom. The van der Waals surface area contributed by atoms with Crippen molar-refractivity contribution in [2.45, 2.75) is 0 Å². The van der Waals surface area contributed by atoms with Gasteiger partial charge in [-0.2, -0.15) is 0 Å². The van der Waals surface area contributed by atoms with Crippen molar-refractivity contribution in [3.8, 4) is 0 Å². The molecule has 0 bridgehead atoms. The summed E-state index contributed by atoms with van der Waals surface area (Å²) >= 11 is 0. The highest BCUT2D eigenvalue weighted by atomic mass is 16.2. The molecule has 0 aliphatic carbocycles. The predicted octanol–water partition coefficient (Wildman–Crippen LogP) is 0.257. The zero-order chi connectivity index (χ0) is 12.4. The van der Waals surface area contributed by atoms with Crippen molar-refractivity contribution in [1.82, 2.24) is 0 Å². The maximum absolute atomic E-state index is 11.4. The lowest BCUT2D eigenvalue weighted by molar-refractivity contribution is -0.119. The van der Waals surface area contributed by atoms with Crippen LogP contribution in [0.5, 0.6) is 0 Å². The zero-order valence-electron chi connectivity index (χ0n) is 8.92. The molecular formula is C12H10N2O3. The number of carbonyl (C=O) groups excluding carboxylic acids is 3. The van der Waals surface area contributed by atoms with Crippen LogP contribution in [-0.4, -0.2) is 24.1 Å². The maximum atomic E-state index is 11.4. The van der Waals surface area contributed by atoms with Gasteiger partial charge in [-0.15, -0.1) is 0 Å². The fraction of sp³-hybridized carbons (Fsp3) is 0.0833. The monoisotopic (exact) mass is 230 g/mol. The first-order valence-corrected chi connectivity index (χ1v) is 5.03. The van der Waals surface area contributed by atoms with Crippen molar-refractivity contribution < 1.29 is 14.4 Å². The van der Waals surface area contributed by atoms with Crippen LogP contribution < -0.4 is 10.6 Å². The van der Waals surface area contributed by atoms with Crippen molar-refractivity contribution >= 4 is 23.3 Å². The largest absolute Gasteiger partial charge is 0.324 e. The van der Waals surface area contributed by atoms with Crippen molar-refractivity contribution in [3.63, 3.8) is 0 Å². The molecule has 17 heavy (non-hydrogen) atoms. The number of ketones is 1. The fourth-order valence-electron chi connectivity index (χ4n) is 1.57. The van der Waals surface area contributed by atoms with Gasteiger partial charge in [0.05, 0.1) is 12.2 Å². The lowest BCUT2D eigenvalue weighted by Gasteiger charge is -2.13. The summed E-state index contributed by atoms with van der Waals surface area (Å²) in [6.07, 6.45) is 2.42. The summed E-state index contributed by atoms with van der Waals surface area (Å²) in [6.45, 7) is -0.0670. The third kappa shape index (κ3) is 2.00. The summed E-state index contributed by atoms with van der Waals surface area (Å²) in [5, 5.41) is 0. The highest BCUT2D eigenvalue weighted by Gasteiger charge is 2.24. The number of hydrogen-bond donors (Lipinski definition) is 1. The highest BCUT2D eigenvalue weighted by Crippen LogP contribution is 2.19. The van der Waals surface area contributed by atoms with E-state index in [0.717, 1.165) is 4.90 Å². The van der Waals surface area contributed by atoms with E-state index in [9.17, 15) is 14.4 Å². The minimum atomic E-state index is -0.382. The van der Waals surface area contributed by atoms with Gasteiger partial charge in [-0.25, -0.2) is 4.90 Å². The van der Waals surface area contributed by atoms with Crippen molar-refractivity contribution in [3.05, 3.63) is 42.0 Å². The van der Waals surface area contributed by atoms with E-state index < -0.39 is 0 Å². The molecule has 0 saturated heterocycles. The van der Waals surface area contributed by atoms with Crippen LogP contribution in [0.25, 0.3) is 0 Å². The van der Waals surface area contributed by atoms with Gasteiger partial charge in [0.1, 0.15) is 0 Å². The van der Waals surface area contributed by atoms with Gasteiger partial charge < -0.3 is 5.73 Å². The molecule has 1 aromatic carbocycles. The molecule has 0 atom stereocenters. The van der Waals surface area contributed by atoms with E-state index >= 15 is 0 Å². The highest BCUT2D eigenvalue weighted by molar-refractivity contribution is 6.28. The number of nitrogens with two attached hydrogens (primary N) is 1. The number of nitrogens with zero attached hydrogens (tertiary/aromatic N) is 1. The number of carbonyl (C=O) groups is 3. The Labute approximate surface area is 97.5 Å². The molecule has 0 radical (unpaired) electrons. The van der Waals surface area contributed by atoms with Gasteiger partial charge in [0.25, 0.3) is 11.8 Å².